The lowest BCUT2D eigenvalue weighted by molar-refractivity contribution is -0.166. The molecule has 448 valence electrons. The third-order valence-corrected chi connectivity index (χ3v) is 14.3. The summed E-state index contributed by atoms with van der Waals surface area (Å²) < 4.78 is 16.8. The molecule has 0 amide bonds. The Balaban J connectivity index is 4.11. The van der Waals surface area contributed by atoms with Crippen molar-refractivity contribution in [3.8, 4) is 0 Å². The van der Waals surface area contributed by atoms with Gasteiger partial charge in [0, 0.05) is 19.3 Å². The predicted octanol–water partition coefficient (Wildman–Crippen LogP) is 22.8. The number of allylic oxidation sites excluding steroid dienone is 16. The number of esters is 3. The molecule has 0 aliphatic heterocycles. The van der Waals surface area contributed by atoms with Crippen molar-refractivity contribution < 1.29 is 28.6 Å². The lowest BCUT2D eigenvalue weighted by Gasteiger charge is -2.18. The molecule has 0 saturated carbocycles. The van der Waals surface area contributed by atoms with Crippen LogP contribution in [0, 0.1) is 0 Å². The van der Waals surface area contributed by atoms with Crippen molar-refractivity contribution >= 4 is 17.9 Å². The Morgan fingerprint density at radius 1 is 0.269 bits per heavy atom. The van der Waals surface area contributed by atoms with Gasteiger partial charge in [-0.15, -0.1) is 0 Å². The van der Waals surface area contributed by atoms with Crippen LogP contribution >= 0.6 is 0 Å². The van der Waals surface area contributed by atoms with Gasteiger partial charge in [-0.2, -0.15) is 0 Å². The minimum Gasteiger partial charge on any atom is -0.462 e. The van der Waals surface area contributed by atoms with E-state index in [4.69, 9.17) is 14.2 Å². The number of ether oxygens (including phenoxy) is 3. The van der Waals surface area contributed by atoms with Crippen molar-refractivity contribution in [2.75, 3.05) is 13.2 Å². The summed E-state index contributed by atoms with van der Waals surface area (Å²) in [5, 5.41) is 0. The molecule has 0 radical (unpaired) electrons. The number of carbonyl (C=O) groups is 3. The maximum absolute atomic E-state index is 12.8. The van der Waals surface area contributed by atoms with Crippen molar-refractivity contribution in [1.29, 1.82) is 0 Å². The fraction of sp³-hybridized carbons (Fsp3) is 0.736. The summed E-state index contributed by atoms with van der Waals surface area (Å²) in [5.74, 6) is -0.984. The molecule has 1 atom stereocenters. The van der Waals surface area contributed by atoms with Crippen LogP contribution in [0.1, 0.15) is 323 Å². The zero-order valence-corrected chi connectivity index (χ0v) is 51.4. The van der Waals surface area contributed by atoms with Crippen LogP contribution in [0.15, 0.2) is 97.2 Å². The molecule has 0 spiro atoms. The minimum absolute atomic E-state index is 0.104. The quantitative estimate of drug-likeness (QED) is 0.0261. The van der Waals surface area contributed by atoms with E-state index < -0.39 is 6.10 Å². The molecule has 0 aromatic carbocycles. The average Bonchev–Trinajstić information content (AvgIpc) is 3.44. The fourth-order valence-electron chi connectivity index (χ4n) is 9.38. The molecule has 0 aliphatic rings. The molecular formula is C72H124O6. The fourth-order valence-corrected chi connectivity index (χ4v) is 9.38. The maximum Gasteiger partial charge on any atom is 0.306 e. The molecule has 0 bridgehead atoms. The average molecular weight is 1090 g/mol. The maximum atomic E-state index is 12.8. The molecule has 0 aromatic rings. The van der Waals surface area contributed by atoms with E-state index in [1.807, 2.05) is 6.08 Å². The largest absolute Gasteiger partial charge is 0.462 e. The summed E-state index contributed by atoms with van der Waals surface area (Å²) >= 11 is 0. The Labute approximate surface area is 483 Å². The first-order valence-electron chi connectivity index (χ1n) is 33.2. The Kier molecular flexibility index (Phi) is 62.7. The van der Waals surface area contributed by atoms with Crippen molar-refractivity contribution in [3.63, 3.8) is 0 Å². The second kappa shape index (κ2) is 65.8. The topological polar surface area (TPSA) is 78.9 Å². The first-order chi connectivity index (χ1) is 38.5. The van der Waals surface area contributed by atoms with Crippen LogP contribution in [0.4, 0.5) is 0 Å². The van der Waals surface area contributed by atoms with E-state index in [2.05, 4.69) is 112 Å². The molecule has 78 heavy (non-hydrogen) atoms. The van der Waals surface area contributed by atoms with Gasteiger partial charge in [0.1, 0.15) is 13.2 Å². The molecule has 0 aliphatic carbocycles. The summed E-state index contributed by atoms with van der Waals surface area (Å²) in [4.78, 5) is 38.1. The summed E-state index contributed by atoms with van der Waals surface area (Å²) in [5.41, 5.74) is 0. The first kappa shape index (κ1) is 74.3. The smallest absolute Gasteiger partial charge is 0.306 e. The molecule has 0 heterocycles. The zero-order chi connectivity index (χ0) is 56.4. The highest BCUT2D eigenvalue weighted by Crippen LogP contribution is 2.17. The van der Waals surface area contributed by atoms with E-state index in [1.54, 1.807) is 0 Å². The SMILES string of the molecule is CC/C=C\C/C=C\C/C=C\C/C=C\C/C=C\C/C=C\CCC(=O)OC(COC(=O)CCCCCCCCCC)COC(=O)CCCCCCCCCCCCCCCCCCCCCCC/C=C\C/C=C\CCCCCCC. The van der Waals surface area contributed by atoms with Gasteiger partial charge in [0.05, 0.1) is 0 Å². The van der Waals surface area contributed by atoms with Gasteiger partial charge < -0.3 is 14.2 Å². The van der Waals surface area contributed by atoms with E-state index in [0.29, 0.717) is 19.3 Å². The molecule has 0 aromatic heterocycles. The molecule has 6 heteroatoms. The first-order valence-corrected chi connectivity index (χ1v) is 33.2. The molecule has 0 N–H and O–H groups in total. The minimum atomic E-state index is -0.815. The van der Waals surface area contributed by atoms with Gasteiger partial charge in [0.15, 0.2) is 6.10 Å². The lowest BCUT2D eigenvalue weighted by Crippen LogP contribution is -2.30. The van der Waals surface area contributed by atoms with Crippen LogP contribution in [0.3, 0.4) is 0 Å². The highest BCUT2D eigenvalue weighted by atomic mass is 16.6. The second-order valence-corrected chi connectivity index (χ2v) is 22.0. The van der Waals surface area contributed by atoms with E-state index in [0.717, 1.165) is 83.5 Å². The molecular weight excluding hydrogens is 961 g/mol. The van der Waals surface area contributed by atoms with Crippen molar-refractivity contribution in [1.82, 2.24) is 0 Å². The van der Waals surface area contributed by atoms with Gasteiger partial charge in [-0.05, 0) is 89.9 Å². The molecule has 0 saturated heterocycles. The summed E-state index contributed by atoms with van der Waals surface area (Å²) in [6.45, 7) is 6.45. The predicted molar refractivity (Wildman–Crippen MR) is 339 cm³/mol. The normalized spacial score (nSPS) is 12.7. The molecule has 1 unspecified atom stereocenters. The van der Waals surface area contributed by atoms with Crippen LogP contribution in [-0.2, 0) is 28.6 Å². The van der Waals surface area contributed by atoms with E-state index >= 15 is 0 Å². The third-order valence-electron chi connectivity index (χ3n) is 14.3. The van der Waals surface area contributed by atoms with E-state index in [-0.39, 0.29) is 37.5 Å². The van der Waals surface area contributed by atoms with Crippen molar-refractivity contribution in [2.24, 2.45) is 0 Å². The monoisotopic (exact) mass is 1080 g/mol. The number of unbranched alkanes of at least 4 members (excludes halogenated alkanes) is 33. The molecule has 6 nitrogen and oxygen atoms in total. The van der Waals surface area contributed by atoms with Crippen LogP contribution in [0.5, 0.6) is 0 Å². The number of hydrogen-bond acceptors (Lipinski definition) is 6. The summed E-state index contributed by atoms with van der Waals surface area (Å²) in [6, 6.07) is 0. The number of hydrogen-bond donors (Lipinski definition) is 0. The number of rotatable bonds is 60. The zero-order valence-electron chi connectivity index (χ0n) is 51.4. The highest BCUT2D eigenvalue weighted by molar-refractivity contribution is 5.71. The van der Waals surface area contributed by atoms with Gasteiger partial charge in [-0.1, -0.05) is 311 Å². The number of carbonyl (C=O) groups excluding carboxylic acids is 3. The van der Waals surface area contributed by atoms with Gasteiger partial charge in [0.25, 0.3) is 0 Å². The Hall–Kier alpha value is -3.67. The second-order valence-electron chi connectivity index (χ2n) is 22.0. The Morgan fingerprint density at radius 3 is 0.833 bits per heavy atom. The lowest BCUT2D eigenvalue weighted by atomic mass is 10.0. The van der Waals surface area contributed by atoms with Crippen LogP contribution in [0.25, 0.3) is 0 Å². The Bertz CT molecular complexity index is 1530. The van der Waals surface area contributed by atoms with Crippen molar-refractivity contribution in [3.05, 3.63) is 97.2 Å². The Morgan fingerprint density at radius 2 is 0.526 bits per heavy atom. The van der Waals surface area contributed by atoms with Crippen LogP contribution in [0.2, 0.25) is 0 Å². The van der Waals surface area contributed by atoms with E-state index in [1.165, 1.54) is 193 Å². The summed E-state index contributed by atoms with van der Waals surface area (Å²) in [6.07, 6.45) is 89.0. The van der Waals surface area contributed by atoms with Gasteiger partial charge >= 0.3 is 17.9 Å². The molecule has 0 fully saturated rings. The van der Waals surface area contributed by atoms with E-state index in [9.17, 15) is 14.4 Å². The van der Waals surface area contributed by atoms with Crippen LogP contribution in [-0.4, -0.2) is 37.2 Å². The van der Waals surface area contributed by atoms with Gasteiger partial charge in [-0.3, -0.25) is 14.4 Å². The third kappa shape index (κ3) is 63.2. The highest BCUT2D eigenvalue weighted by Gasteiger charge is 2.19. The standard InChI is InChI=1S/C72H124O6/c1-4-7-10-13-16-19-21-23-25-27-29-30-31-32-33-34-35-36-37-38-39-40-41-42-44-45-47-49-51-53-56-59-62-65-71(74)77-68-69(67-76-70(73)64-61-58-55-18-15-12-9-6-3)78-72(75)66-63-60-57-54-52-50-48-46-43-28-26-24-22-20-17-14-11-8-5-2/h8,11,17,20-21,23-24,26-27,29,43,46,50,52,57,60,69H,4-7,9-10,12-16,18-19,22,25,28,30-42,44-45,47-49,51,53-56,58-59,61-68H2,1-3H3/b11-8-,20-17-,23-21-,26-24-,29-27-,46-43-,52-50-,60-57-. The van der Waals surface area contributed by atoms with Gasteiger partial charge in [0.2, 0.25) is 0 Å². The van der Waals surface area contributed by atoms with Crippen molar-refractivity contribution in [2.45, 2.75) is 329 Å². The molecule has 0 rings (SSSR count). The van der Waals surface area contributed by atoms with Crippen LogP contribution < -0.4 is 0 Å². The summed E-state index contributed by atoms with van der Waals surface area (Å²) in [7, 11) is 0. The van der Waals surface area contributed by atoms with Gasteiger partial charge in [-0.25, -0.2) is 0 Å².